The first-order valence-electron chi connectivity index (χ1n) is 12.1. The van der Waals surface area contributed by atoms with E-state index in [1.165, 1.54) is 0 Å². The molecule has 35 heavy (non-hydrogen) atoms. The van der Waals surface area contributed by atoms with Gasteiger partial charge < -0.3 is 30.9 Å². The molecule has 0 aliphatic carbocycles. The fourth-order valence-electron chi connectivity index (χ4n) is 4.13. The van der Waals surface area contributed by atoms with Crippen LogP contribution in [0, 0.1) is 5.92 Å². The van der Waals surface area contributed by atoms with Crippen molar-refractivity contribution in [1.29, 1.82) is 0 Å². The lowest BCUT2D eigenvalue weighted by atomic mass is 9.81. The molecule has 0 radical (unpaired) electrons. The minimum atomic E-state index is -0.559. The van der Waals surface area contributed by atoms with E-state index in [4.69, 9.17) is 15.2 Å². The number of nitrogen functional groups attached to an aromatic ring is 1. The monoisotopic (exact) mass is 501 g/mol. The lowest BCUT2D eigenvalue weighted by Crippen LogP contribution is -2.39. The summed E-state index contributed by atoms with van der Waals surface area (Å²) < 4.78 is 11.8. The van der Waals surface area contributed by atoms with E-state index in [1.54, 1.807) is 23.5 Å². The summed E-state index contributed by atoms with van der Waals surface area (Å²) in [5, 5.41) is 19.1. The molecule has 3 unspecified atom stereocenters. The summed E-state index contributed by atoms with van der Waals surface area (Å²) in [5.74, 6) is -0.188. The van der Waals surface area contributed by atoms with Crippen LogP contribution in [-0.2, 0) is 19.1 Å². The Morgan fingerprint density at radius 2 is 2.03 bits per heavy atom. The van der Waals surface area contributed by atoms with Crippen molar-refractivity contribution in [3.8, 4) is 0 Å². The van der Waals surface area contributed by atoms with Gasteiger partial charge in [-0.3, -0.25) is 9.59 Å². The molecule has 190 valence electrons. The first-order chi connectivity index (χ1) is 17.0. The van der Waals surface area contributed by atoms with Gasteiger partial charge in [-0.05, 0) is 73.2 Å². The molecule has 3 rings (SSSR count). The molecule has 0 spiro atoms. The van der Waals surface area contributed by atoms with Crippen molar-refractivity contribution < 1.29 is 24.2 Å². The number of benzene rings is 1. The average molecular weight is 502 g/mol. The van der Waals surface area contributed by atoms with Crippen LogP contribution in [0.5, 0.6) is 0 Å². The lowest BCUT2D eigenvalue weighted by molar-refractivity contribution is -0.166. The summed E-state index contributed by atoms with van der Waals surface area (Å²) in [4.78, 5) is 25.0. The molecule has 2 aromatic rings. The summed E-state index contributed by atoms with van der Waals surface area (Å²) in [6, 6.07) is 9.18. The van der Waals surface area contributed by atoms with Crippen molar-refractivity contribution in [3.63, 3.8) is 0 Å². The van der Waals surface area contributed by atoms with E-state index in [9.17, 15) is 14.7 Å². The predicted octanol–water partition coefficient (Wildman–Crippen LogP) is 4.00. The molecule has 1 aromatic heterocycles. The highest BCUT2D eigenvalue weighted by atomic mass is 32.1. The van der Waals surface area contributed by atoms with Crippen molar-refractivity contribution >= 4 is 34.5 Å². The third-order valence-corrected chi connectivity index (χ3v) is 6.62. The maximum absolute atomic E-state index is 12.9. The Morgan fingerprint density at radius 3 is 2.74 bits per heavy atom. The quantitative estimate of drug-likeness (QED) is 0.243. The summed E-state index contributed by atoms with van der Waals surface area (Å²) >= 11 is 1.61. The molecule has 0 bridgehead atoms. The van der Waals surface area contributed by atoms with E-state index < -0.39 is 6.29 Å². The van der Waals surface area contributed by atoms with Gasteiger partial charge in [0.25, 0.3) is 5.91 Å². The zero-order valence-corrected chi connectivity index (χ0v) is 20.9. The fraction of sp³-hybridized carbons (Fsp3) is 0.462. The van der Waals surface area contributed by atoms with E-state index in [-0.39, 0.29) is 36.0 Å². The number of amides is 2. The van der Waals surface area contributed by atoms with Crippen LogP contribution in [0.1, 0.15) is 50.5 Å². The number of rotatable bonds is 13. The summed E-state index contributed by atoms with van der Waals surface area (Å²) in [5.41, 5.74) is 8.10. The maximum atomic E-state index is 12.9. The number of allylic oxidation sites excluding steroid dienone is 1. The number of thiophene rings is 1. The second-order valence-electron chi connectivity index (χ2n) is 8.43. The lowest BCUT2D eigenvalue weighted by Gasteiger charge is -2.36. The molecule has 0 saturated heterocycles. The van der Waals surface area contributed by atoms with Gasteiger partial charge in [-0.25, -0.2) is 0 Å². The van der Waals surface area contributed by atoms with E-state index in [2.05, 4.69) is 22.1 Å². The predicted molar refractivity (Wildman–Crippen MR) is 138 cm³/mol. The average Bonchev–Trinajstić information content (AvgIpc) is 3.39. The molecule has 8 nitrogen and oxygen atoms in total. The number of aliphatic hydroxyl groups excluding tert-OH is 1. The highest BCUT2D eigenvalue weighted by molar-refractivity contribution is 7.08. The number of unbranched alkanes of at least 4 members (excludes halogenated alkanes) is 1. The Bertz CT molecular complexity index is 979. The summed E-state index contributed by atoms with van der Waals surface area (Å²) in [6.45, 7) is 2.88. The third kappa shape index (κ3) is 7.81. The summed E-state index contributed by atoms with van der Waals surface area (Å²) in [7, 11) is 0. The highest BCUT2D eigenvalue weighted by Gasteiger charge is 2.37. The summed E-state index contributed by atoms with van der Waals surface area (Å²) in [6.07, 6.45) is 4.29. The fourth-order valence-corrected chi connectivity index (χ4v) is 4.84. The third-order valence-electron chi connectivity index (χ3n) is 5.91. The van der Waals surface area contributed by atoms with Crippen LogP contribution in [0.4, 0.5) is 11.4 Å². The first-order valence-corrected chi connectivity index (χ1v) is 13.0. The Kier molecular flexibility index (Phi) is 10.6. The van der Waals surface area contributed by atoms with Crippen LogP contribution in [0.2, 0.25) is 0 Å². The van der Waals surface area contributed by atoms with E-state index in [0.29, 0.717) is 50.2 Å². The highest BCUT2D eigenvalue weighted by Crippen LogP contribution is 2.40. The van der Waals surface area contributed by atoms with Gasteiger partial charge in [-0.2, -0.15) is 11.3 Å². The van der Waals surface area contributed by atoms with Gasteiger partial charge in [0.15, 0.2) is 5.76 Å². The van der Waals surface area contributed by atoms with Crippen LogP contribution in [0.15, 0.2) is 52.9 Å². The van der Waals surface area contributed by atoms with E-state index in [1.807, 2.05) is 30.5 Å². The molecular formula is C26H35N3O5S. The van der Waals surface area contributed by atoms with Crippen molar-refractivity contribution in [2.75, 3.05) is 30.8 Å². The van der Waals surface area contributed by atoms with Gasteiger partial charge >= 0.3 is 0 Å². The van der Waals surface area contributed by atoms with Crippen LogP contribution < -0.4 is 16.4 Å². The Hall–Kier alpha value is -2.88. The molecule has 2 amide bonds. The molecule has 1 aliphatic rings. The second kappa shape index (κ2) is 13.9. The molecule has 0 fully saturated rings. The number of hydrogen-bond donors (Lipinski definition) is 4. The van der Waals surface area contributed by atoms with Crippen LogP contribution in [0.3, 0.4) is 0 Å². The number of aliphatic hydroxyl groups is 1. The van der Waals surface area contributed by atoms with Crippen molar-refractivity contribution in [3.05, 3.63) is 58.5 Å². The minimum Gasteiger partial charge on any atom is -0.459 e. The number of nitrogens with one attached hydrogen (secondary N) is 2. The molecule has 3 atom stereocenters. The standard InChI is InChI=1S/C26H35N3O5S/c1-2-33-26-19(8-7-14-30)20(18-12-15-35-17-18)16-23(34-26)25(32)28-13-6-5-11-24(31)29-22-10-4-3-9-21(22)27/h3-4,9-10,12,15-17,19-20,26,30H,2,5-8,11,13-14,27H2,1H3,(H,28,32)(H,29,31). The van der Waals surface area contributed by atoms with Crippen LogP contribution in [-0.4, -0.2) is 43.0 Å². The first kappa shape index (κ1) is 26.7. The Balaban J connectivity index is 1.52. The smallest absolute Gasteiger partial charge is 0.286 e. The molecule has 2 heterocycles. The zero-order chi connectivity index (χ0) is 25.0. The van der Waals surface area contributed by atoms with E-state index >= 15 is 0 Å². The number of hydrogen-bond acceptors (Lipinski definition) is 7. The van der Waals surface area contributed by atoms with Gasteiger partial charge in [0.05, 0.1) is 11.4 Å². The van der Waals surface area contributed by atoms with Crippen molar-refractivity contribution in [2.45, 2.75) is 51.2 Å². The number of carbonyl (C=O) groups excluding carboxylic acids is 2. The van der Waals surface area contributed by atoms with Gasteiger partial charge in [0.2, 0.25) is 12.2 Å². The number of anilines is 2. The van der Waals surface area contributed by atoms with Crippen molar-refractivity contribution in [2.24, 2.45) is 5.92 Å². The van der Waals surface area contributed by atoms with Gasteiger partial charge in [-0.1, -0.05) is 12.1 Å². The minimum absolute atomic E-state index is 0.00501. The van der Waals surface area contributed by atoms with Crippen LogP contribution >= 0.6 is 11.3 Å². The molecule has 5 N–H and O–H groups in total. The van der Waals surface area contributed by atoms with Crippen LogP contribution in [0.25, 0.3) is 0 Å². The Morgan fingerprint density at radius 1 is 1.20 bits per heavy atom. The van der Waals surface area contributed by atoms with Gasteiger partial charge in [-0.15, -0.1) is 0 Å². The molecule has 1 aliphatic heterocycles. The van der Waals surface area contributed by atoms with E-state index in [0.717, 1.165) is 12.0 Å². The molecular weight excluding hydrogens is 466 g/mol. The normalized spacial score (nSPS) is 19.5. The maximum Gasteiger partial charge on any atom is 0.286 e. The van der Waals surface area contributed by atoms with Gasteiger partial charge in [0.1, 0.15) is 0 Å². The van der Waals surface area contributed by atoms with Gasteiger partial charge in [0, 0.05) is 38.0 Å². The number of carbonyl (C=O) groups is 2. The van der Waals surface area contributed by atoms with Crippen molar-refractivity contribution in [1.82, 2.24) is 5.32 Å². The number of para-hydroxylation sites is 2. The molecule has 9 heteroatoms. The zero-order valence-electron chi connectivity index (χ0n) is 20.1. The largest absolute Gasteiger partial charge is 0.459 e. The SMILES string of the molecule is CCOC1OC(C(=O)NCCCCC(=O)Nc2ccccc2N)=CC(c2ccsc2)C1CCCO. The molecule has 0 saturated carbocycles. The Labute approximate surface area is 210 Å². The second-order valence-corrected chi connectivity index (χ2v) is 9.21. The number of ether oxygens (including phenoxy) is 2. The molecule has 1 aromatic carbocycles. The number of nitrogens with two attached hydrogens (primary N) is 1. The topological polar surface area (TPSA) is 123 Å².